The summed E-state index contributed by atoms with van der Waals surface area (Å²) in [7, 11) is 0. The van der Waals surface area contributed by atoms with Crippen molar-refractivity contribution in [2.75, 3.05) is 55.6 Å². The van der Waals surface area contributed by atoms with E-state index in [1.807, 2.05) is 11.0 Å². The second-order valence-corrected chi connectivity index (χ2v) is 16.0. The number of carbonyl (C=O) groups is 5. The van der Waals surface area contributed by atoms with Gasteiger partial charge in [0.15, 0.2) is 0 Å². The zero-order chi connectivity index (χ0) is 40.5. The Bertz CT molecular complexity index is 2160. The summed E-state index contributed by atoms with van der Waals surface area (Å²) in [6.45, 7) is 5.06. The van der Waals surface area contributed by atoms with Crippen molar-refractivity contribution in [1.82, 2.24) is 30.4 Å². The highest BCUT2D eigenvalue weighted by atomic mass is 35.5. The molecule has 302 valence electrons. The predicted molar refractivity (Wildman–Crippen MR) is 209 cm³/mol. The van der Waals surface area contributed by atoms with E-state index in [1.165, 1.54) is 12.3 Å². The molecular formula is C41H43ClFN9O6. The van der Waals surface area contributed by atoms with Crippen LogP contribution in [0.15, 0.2) is 42.7 Å². The van der Waals surface area contributed by atoms with Gasteiger partial charge in [-0.15, -0.1) is 0 Å². The lowest BCUT2D eigenvalue weighted by Gasteiger charge is -2.40. The van der Waals surface area contributed by atoms with E-state index in [2.05, 4.69) is 30.4 Å². The Morgan fingerprint density at radius 1 is 0.897 bits per heavy atom. The maximum Gasteiger partial charge on any atom is 0.271 e. The number of hydrogen-bond donors (Lipinski definition) is 2. The van der Waals surface area contributed by atoms with E-state index in [0.29, 0.717) is 48.4 Å². The number of piperidine rings is 2. The molecule has 0 bridgehead atoms. The van der Waals surface area contributed by atoms with Crippen molar-refractivity contribution >= 4 is 52.6 Å². The topological polar surface area (TPSA) is 181 Å². The minimum Gasteiger partial charge on any atom is -0.490 e. The van der Waals surface area contributed by atoms with Crippen LogP contribution in [-0.4, -0.2) is 113 Å². The Morgan fingerprint density at radius 3 is 2.28 bits per heavy atom. The van der Waals surface area contributed by atoms with Crippen molar-refractivity contribution in [3.8, 4) is 11.8 Å². The number of aromatic nitrogens is 2. The fraction of sp³-hybridized carbons (Fsp3) is 0.463. The van der Waals surface area contributed by atoms with Gasteiger partial charge in [0, 0.05) is 64.3 Å². The number of amides is 5. The van der Waals surface area contributed by atoms with Crippen LogP contribution in [0.1, 0.15) is 88.1 Å². The molecule has 4 aliphatic heterocycles. The number of fused-ring (bicyclic) bond motifs is 1. The molecule has 1 saturated carbocycles. The van der Waals surface area contributed by atoms with Gasteiger partial charge in [-0.05, 0) is 75.1 Å². The van der Waals surface area contributed by atoms with Crippen LogP contribution < -0.4 is 25.2 Å². The maximum atomic E-state index is 15.4. The number of benzene rings is 2. The number of piperazine rings is 1. The molecule has 58 heavy (non-hydrogen) atoms. The van der Waals surface area contributed by atoms with E-state index < -0.39 is 35.5 Å². The second kappa shape index (κ2) is 16.7. The average molecular weight is 812 g/mol. The molecule has 5 amide bonds. The predicted octanol–water partition coefficient (Wildman–Crippen LogP) is 3.70. The zero-order valence-corrected chi connectivity index (χ0v) is 32.5. The molecule has 2 N–H and O–H groups in total. The summed E-state index contributed by atoms with van der Waals surface area (Å²) in [5, 5.41) is 14.7. The van der Waals surface area contributed by atoms with Crippen LogP contribution in [0, 0.1) is 23.1 Å². The van der Waals surface area contributed by atoms with E-state index in [4.69, 9.17) is 21.6 Å². The summed E-state index contributed by atoms with van der Waals surface area (Å²) in [6, 6.07) is 8.52. The molecule has 5 heterocycles. The summed E-state index contributed by atoms with van der Waals surface area (Å²) in [6.07, 6.45) is 8.27. The lowest BCUT2D eigenvalue weighted by Crippen LogP contribution is -2.54. The van der Waals surface area contributed by atoms with Crippen molar-refractivity contribution in [3.63, 3.8) is 0 Å². The summed E-state index contributed by atoms with van der Waals surface area (Å²) < 4.78 is 21.5. The Kier molecular flexibility index (Phi) is 11.3. The molecule has 2 aromatic carbocycles. The Hall–Kier alpha value is -5.66. The minimum absolute atomic E-state index is 0.00529. The molecule has 1 aromatic heterocycles. The molecule has 3 saturated heterocycles. The minimum atomic E-state index is -1.10. The molecule has 4 fully saturated rings. The third-order valence-electron chi connectivity index (χ3n) is 11.9. The number of anilines is 2. The van der Waals surface area contributed by atoms with Gasteiger partial charge in [-0.3, -0.25) is 39.1 Å². The van der Waals surface area contributed by atoms with Crippen LogP contribution in [0.25, 0.3) is 0 Å². The number of rotatable bonds is 9. The number of carbonyl (C=O) groups excluding carboxylic acids is 5. The Labute approximate surface area is 339 Å². The fourth-order valence-corrected chi connectivity index (χ4v) is 8.85. The SMILES string of the molecule is N#Cc1ccc(O[C@H]2CC[C@H](NC(=O)c3cnc(N4CCC(CN5CCN(c6cc7c(cc6F)C(=O)N(C6CCC(=O)NC6=O)C7=O)CC5)CC4)cn3)CC2)cc1Cl. The standard InChI is InChI=1S/C41H43ClFN9O6/c42-31-17-28(4-1-25(31)20-44)58-27-5-2-26(3-6-27)47-38(54)33-21-46-36(22-45-33)51-11-9-24(10-12-51)23-49-13-15-50(16-14-49)35-19-30-29(18-32(35)43)40(56)52(41(30)57)34-7-8-37(53)48-39(34)55/h1,4,17-19,21-22,24,26-27,34H,2-3,5-16,23H2,(H,47,54)(H,48,53,55)/t26-,27-,34?. The first-order valence-corrected chi connectivity index (χ1v) is 20.2. The first kappa shape index (κ1) is 39.2. The van der Waals surface area contributed by atoms with Crippen LogP contribution in [-0.2, 0) is 9.59 Å². The maximum absolute atomic E-state index is 15.4. The van der Waals surface area contributed by atoms with Crippen molar-refractivity contribution in [1.29, 1.82) is 5.26 Å². The smallest absolute Gasteiger partial charge is 0.271 e. The zero-order valence-electron chi connectivity index (χ0n) is 31.8. The summed E-state index contributed by atoms with van der Waals surface area (Å²) in [5.74, 6) is -1.55. The van der Waals surface area contributed by atoms with E-state index in [9.17, 15) is 24.0 Å². The molecule has 8 rings (SSSR count). The van der Waals surface area contributed by atoms with Gasteiger partial charge in [0.2, 0.25) is 11.8 Å². The van der Waals surface area contributed by atoms with Crippen molar-refractivity contribution in [2.45, 2.75) is 69.6 Å². The van der Waals surface area contributed by atoms with Crippen LogP contribution in [0.4, 0.5) is 15.9 Å². The van der Waals surface area contributed by atoms with Gasteiger partial charge >= 0.3 is 0 Å². The van der Waals surface area contributed by atoms with Crippen molar-refractivity contribution in [2.24, 2.45) is 5.92 Å². The van der Waals surface area contributed by atoms with E-state index in [0.717, 1.165) is 74.9 Å². The monoisotopic (exact) mass is 811 g/mol. The molecule has 0 radical (unpaired) electrons. The number of nitrogens with zero attached hydrogens (tertiary/aromatic N) is 7. The average Bonchev–Trinajstić information content (AvgIpc) is 3.46. The first-order valence-electron chi connectivity index (χ1n) is 19.8. The molecule has 17 heteroatoms. The van der Waals surface area contributed by atoms with Crippen LogP contribution >= 0.6 is 11.6 Å². The Morgan fingerprint density at radius 2 is 1.62 bits per heavy atom. The third-order valence-corrected chi connectivity index (χ3v) is 12.2. The lowest BCUT2D eigenvalue weighted by molar-refractivity contribution is -0.136. The van der Waals surface area contributed by atoms with Crippen molar-refractivity contribution < 1.29 is 33.1 Å². The highest BCUT2D eigenvalue weighted by Gasteiger charge is 2.45. The number of nitrogens with one attached hydrogen (secondary N) is 2. The second-order valence-electron chi connectivity index (χ2n) is 15.6. The van der Waals surface area contributed by atoms with Gasteiger partial charge in [-0.25, -0.2) is 14.4 Å². The molecule has 0 spiro atoms. The van der Waals surface area contributed by atoms with Gasteiger partial charge in [-0.2, -0.15) is 5.26 Å². The Balaban J connectivity index is 0.764. The first-order chi connectivity index (χ1) is 28.0. The summed E-state index contributed by atoms with van der Waals surface area (Å²) in [4.78, 5) is 79.7. The number of hydrogen-bond acceptors (Lipinski definition) is 12. The molecular weight excluding hydrogens is 769 g/mol. The molecule has 1 unspecified atom stereocenters. The summed E-state index contributed by atoms with van der Waals surface area (Å²) in [5.41, 5.74) is 0.931. The highest BCUT2D eigenvalue weighted by molar-refractivity contribution is 6.31. The van der Waals surface area contributed by atoms with Crippen LogP contribution in [0.3, 0.4) is 0 Å². The van der Waals surface area contributed by atoms with Crippen LogP contribution in [0.2, 0.25) is 5.02 Å². The largest absolute Gasteiger partial charge is 0.490 e. The number of imide groups is 2. The number of halogens is 2. The van der Waals surface area contributed by atoms with Crippen molar-refractivity contribution in [3.05, 3.63) is 75.9 Å². The van der Waals surface area contributed by atoms with Gasteiger partial charge in [0.25, 0.3) is 17.7 Å². The van der Waals surface area contributed by atoms with Gasteiger partial charge in [-0.1, -0.05) is 11.6 Å². The van der Waals surface area contributed by atoms with E-state index in [1.54, 1.807) is 24.4 Å². The molecule has 15 nitrogen and oxygen atoms in total. The lowest BCUT2D eigenvalue weighted by atomic mass is 9.93. The van der Waals surface area contributed by atoms with Crippen LogP contribution in [0.5, 0.6) is 5.75 Å². The van der Waals surface area contributed by atoms with Gasteiger partial charge in [0.05, 0.1) is 45.9 Å². The summed E-state index contributed by atoms with van der Waals surface area (Å²) >= 11 is 6.14. The third kappa shape index (κ3) is 8.19. The van der Waals surface area contributed by atoms with Gasteiger partial charge < -0.3 is 19.9 Å². The van der Waals surface area contributed by atoms with E-state index >= 15 is 4.39 Å². The van der Waals surface area contributed by atoms with Gasteiger partial charge in [0.1, 0.15) is 35.2 Å². The molecule has 3 aromatic rings. The fourth-order valence-electron chi connectivity index (χ4n) is 8.64. The number of nitriles is 1. The molecule has 1 atom stereocenters. The quantitative estimate of drug-likeness (QED) is 0.300. The van der Waals surface area contributed by atoms with E-state index in [-0.39, 0.29) is 53.4 Å². The molecule has 5 aliphatic rings. The normalized spacial score (nSPS) is 23.1. The molecule has 1 aliphatic carbocycles. The number of ether oxygens (including phenoxy) is 1. The highest BCUT2D eigenvalue weighted by Crippen LogP contribution is 2.34.